The van der Waals surface area contributed by atoms with Gasteiger partial charge in [0.1, 0.15) is 5.69 Å². The third-order valence-corrected chi connectivity index (χ3v) is 2.85. The quantitative estimate of drug-likeness (QED) is 0.509. The van der Waals surface area contributed by atoms with Crippen molar-refractivity contribution in [3.63, 3.8) is 0 Å². The normalized spacial score (nSPS) is 11.2. The van der Waals surface area contributed by atoms with Gasteiger partial charge in [0.05, 0.1) is 10.6 Å². The Morgan fingerprint density at radius 2 is 1.80 bits per heavy atom. The van der Waals surface area contributed by atoms with Gasteiger partial charge in [-0.1, -0.05) is 49.4 Å². The molecule has 0 amide bonds. The molecule has 0 aliphatic rings. The van der Waals surface area contributed by atoms with Crippen LogP contribution in [-0.2, 0) is 0 Å². The molecule has 0 aliphatic heterocycles. The van der Waals surface area contributed by atoms with E-state index in [1.54, 1.807) is 18.2 Å². The highest BCUT2D eigenvalue weighted by atomic mass is 16.6. The van der Waals surface area contributed by atoms with Crippen molar-refractivity contribution in [1.29, 1.82) is 0 Å². The van der Waals surface area contributed by atoms with E-state index >= 15 is 0 Å². The molecule has 5 nitrogen and oxygen atoms in total. The third kappa shape index (κ3) is 3.20. The molecule has 0 unspecified atom stereocenters. The molecule has 2 aromatic carbocycles. The van der Waals surface area contributed by atoms with Crippen LogP contribution in [0.2, 0.25) is 0 Å². The van der Waals surface area contributed by atoms with Crippen LogP contribution < -0.4 is 5.43 Å². The second kappa shape index (κ2) is 6.47. The number of anilines is 1. The van der Waals surface area contributed by atoms with Gasteiger partial charge in [-0.3, -0.25) is 15.5 Å². The average molecular weight is 269 g/mol. The number of hydrazone groups is 1. The fourth-order valence-corrected chi connectivity index (χ4v) is 1.83. The fourth-order valence-electron chi connectivity index (χ4n) is 1.83. The Labute approximate surface area is 117 Å². The van der Waals surface area contributed by atoms with E-state index in [0.717, 1.165) is 17.7 Å². The summed E-state index contributed by atoms with van der Waals surface area (Å²) in [7, 11) is 0. The lowest BCUT2D eigenvalue weighted by atomic mass is 10.1. The molecule has 1 N–H and O–H groups in total. The molecule has 2 aromatic rings. The minimum absolute atomic E-state index is 0.0137. The molecule has 0 saturated carbocycles. The van der Waals surface area contributed by atoms with Crippen molar-refractivity contribution < 1.29 is 4.92 Å². The molecule has 0 aliphatic carbocycles. The summed E-state index contributed by atoms with van der Waals surface area (Å²) in [6, 6.07) is 16.2. The molecule has 0 heterocycles. The van der Waals surface area contributed by atoms with Crippen LogP contribution in [0.4, 0.5) is 11.4 Å². The molecule has 20 heavy (non-hydrogen) atoms. The summed E-state index contributed by atoms with van der Waals surface area (Å²) < 4.78 is 0. The van der Waals surface area contributed by atoms with E-state index in [1.165, 1.54) is 6.07 Å². The predicted octanol–water partition coefficient (Wildman–Crippen LogP) is 3.82. The van der Waals surface area contributed by atoms with Crippen LogP contribution in [-0.4, -0.2) is 10.6 Å². The molecule has 0 aromatic heterocycles. The molecule has 0 bridgehead atoms. The lowest BCUT2D eigenvalue weighted by Crippen LogP contribution is -2.04. The topological polar surface area (TPSA) is 67.5 Å². The molecule has 2 rings (SSSR count). The van der Waals surface area contributed by atoms with E-state index in [4.69, 9.17) is 0 Å². The average Bonchev–Trinajstić information content (AvgIpc) is 2.49. The van der Waals surface area contributed by atoms with E-state index in [2.05, 4.69) is 10.5 Å². The number of nitro benzene ring substituents is 1. The van der Waals surface area contributed by atoms with Gasteiger partial charge in [-0.25, -0.2) is 0 Å². The van der Waals surface area contributed by atoms with Crippen LogP contribution in [0, 0.1) is 10.1 Å². The summed E-state index contributed by atoms with van der Waals surface area (Å²) in [4.78, 5) is 10.5. The Morgan fingerprint density at radius 1 is 1.15 bits per heavy atom. The van der Waals surface area contributed by atoms with Crippen molar-refractivity contribution in [3.8, 4) is 0 Å². The van der Waals surface area contributed by atoms with Crippen LogP contribution in [0.3, 0.4) is 0 Å². The first-order chi connectivity index (χ1) is 9.72. The number of benzene rings is 2. The van der Waals surface area contributed by atoms with Gasteiger partial charge in [-0.15, -0.1) is 0 Å². The number of hydrogen-bond donors (Lipinski definition) is 1. The molecule has 0 fully saturated rings. The van der Waals surface area contributed by atoms with Gasteiger partial charge in [0.25, 0.3) is 5.69 Å². The second-order valence-electron chi connectivity index (χ2n) is 4.16. The zero-order chi connectivity index (χ0) is 14.4. The molecule has 0 saturated heterocycles. The third-order valence-electron chi connectivity index (χ3n) is 2.85. The minimum atomic E-state index is -0.425. The minimum Gasteiger partial charge on any atom is -0.271 e. The van der Waals surface area contributed by atoms with Crippen molar-refractivity contribution in [2.24, 2.45) is 5.10 Å². The van der Waals surface area contributed by atoms with Crippen molar-refractivity contribution in [1.82, 2.24) is 0 Å². The maximum Gasteiger partial charge on any atom is 0.294 e. The van der Waals surface area contributed by atoms with E-state index in [9.17, 15) is 10.1 Å². The van der Waals surface area contributed by atoms with Crippen LogP contribution in [0.1, 0.15) is 18.9 Å². The number of nitrogens with zero attached hydrogens (tertiary/aromatic N) is 2. The lowest BCUT2D eigenvalue weighted by Gasteiger charge is -2.06. The summed E-state index contributed by atoms with van der Waals surface area (Å²) in [5.74, 6) is 0. The van der Waals surface area contributed by atoms with Crippen molar-refractivity contribution in [3.05, 3.63) is 70.3 Å². The van der Waals surface area contributed by atoms with Crippen LogP contribution in [0.15, 0.2) is 59.7 Å². The molecule has 0 spiro atoms. The fraction of sp³-hybridized carbons (Fsp3) is 0.133. The zero-order valence-corrected chi connectivity index (χ0v) is 11.1. The van der Waals surface area contributed by atoms with Crippen molar-refractivity contribution in [2.75, 3.05) is 5.43 Å². The number of hydrogen-bond acceptors (Lipinski definition) is 4. The molecule has 5 heteroatoms. The summed E-state index contributed by atoms with van der Waals surface area (Å²) >= 11 is 0. The molecule has 102 valence electrons. The summed E-state index contributed by atoms with van der Waals surface area (Å²) in [6.45, 7) is 1.99. The summed E-state index contributed by atoms with van der Waals surface area (Å²) in [5, 5.41) is 15.2. The largest absolute Gasteiger partial charge is 0.294 e. The van der Waals surface area contributed by atoms with Gasteiger partial charge in [-0.05, 0) is 18.1 Å². The van der Waals surface area contributed by atoms with Gasteiger partial charge in [0, 0.05) is 6.07 Å². The predicted molar refractivity (Wildman–Crippen MR) is 80.0 cm³/mol. The SMILES string of the molecule is CC/C(=N/Nc1ccccc1[N+](=O)[O-])c1ccccc1. The highest BCUT2D eigenvalue weighted by molar-refractivity contribution is 6.00. The smallest absolute Gasteiger partial charge is 0.271 e. The Bertz CT molecular complexity index is 624. The Kier molecular flexibility index (Phi) is 4.44. The Morgan fingerprint density at radius 3 is 2.45 bits per heavy atom. The number of nitrogens with one attached hydrogen (secondary N) is 1. The van der Waals surface area contributed by atoms with Gasteiger partial charge < -0.3 is 0 Å². The van der Waals surface area contributed by atoms with Gasteiger partial charge in [0.15, 0.2) is 0 Å². The standard InChI is InChI=1S/C15H15N3O2/c1-2-13(12-8-4-3-5-9-12)16-17-14-10-6-7-11-15(14)18(19)20/h3-11,17H,2H2,1H3/b16-13-. The lowest BCUT2D eigenvalue weighted by molar-refractivity contribution is -0.384. The number of para-hydroxylation sites is 2. The van der Waals surface area contributed by atoms with Gasteiger partial charge in [0.2, 0.25) is 0 Å². The summed E-state index contributed by atoms with van der Waals surface area (Å²) in [5.41, 5.74) is 5.04. The molecule has 0 radical (unpaired) electrons. The van der Waals surface area contributed by atoms with Crippen molar-refractivity contribution >= 4 is 17.1 Å². The van der Waals surface area contributed by atoms with Crippen LogP contribution in [0.25, 0.3) is 0 Å². The number of rotatable bonds is 5. The highest BCUT2D eigenvalue weighted by Gasteiger charge is 2.11. The molecular formula is C15H15N3O2. The van der Waals surface area contributed by atoms with Gasteiger partial charge >= 0.3 is 0 Å². The highest BCUT2D eigenvalue weighted by Crippen LogP contribution is 2.23. The number of nitro groups is 1. The van der Waals surface area contributed by atoms with E-state index < -0.39 is 4.92 Å². The first kappa shape index (κ1) is 13.7. The molecular weight excluding hydrogens is 254 g/mol. The van der Waals surface area contributed by atoms with Crippen LogP contribution >= 0.6 is 0 Å². The first-order valence-electron chi connectivity index (χ1n) is 6.33. The Hall–Kier alpha value is -2.69. The Balaban J connectivity index is 2.26. The maximum atomic E-state index is 10.9. The van der Waals surface area contributed by atoms with Crippen molar-refractivity contribution in [2.45, 2.75) is 13.3 Å². The van der Waals surface area contributed by atoms with E-state index in [-0.39, 0.29) is 5.69 Å². The maximum absolute atomic E-state index is 10.9. The zero-order valence-electron chi connectivity index (χ0n) is 11.1. The van der Waals surface area contributed by atoms with Gasteiger partial charge in [-0.2, -0.15) is 5.10 Å². The summed E-state index contributed by atoms with van der Waals surface area (Å²) in [6.07, 6.45) is 0.734. The second-order valence-corrected chi connectivity index (χ2v) is 4.16. The van der Waals surface area contributed by atoms with Crippen LogP contribution in [0.5, 0.6) is 0 Å². The van der Waals surface area contributed by atoms with E-state index in [1.807, 2.05) is 37.3 Å². The monoisotopic (exact) mass is 269 g/mol. The first-order valence-corrected chi connectivity index (χ1v) is 6.33. The molecule has 0 atom stereocenters. The van der Waals surface area contributed by atoms with E-state index in [0.29, 0.717) is 5.69 Å².